The minimum absolute atomic E-state index is 0.158. The number of ketones is 1. The van der Waals surface area contributed by atoms with Crippen molar-refractivity contribution in [2.24, 2.45) is 0 Å². The number of benzene rings is 1. The van der Waals surface area contributed by atoms with E-state index in [0.717, 1.165) is 19.5 Å². The molecule has 0 bridgehead atoms. The number of Topliss-reactive ketones (excluding diaryl/α,β-unsaturated/α-hetero) is 1. The number of para-hydroxylation sites is 1. The van der Waals surface area contributed by atoms with Crippen molar-refractivity contribution in [3.8, 4) is 5.75 Å². The van der Waals surface area contributed by atoms with E-state index >= 15 is 0 Å². The van der Waals surface area contributed by atoms with Gasteiger partial charge in [-0.05, 0) is 58.3 Å². The molecule has 0 aromatic heterocycles. The Balaban J connectivity index is 2.23. The van der Waals surface area contributed by atoms with Gasteiger partial charge in [-0.2, -0.15) is 0 Å². The summed E-state index contributed by atoms with van der Waals surface area (Å²) in [7, 11) is 0. The molecule has 0 atom stereocenters. The van der Waals surface area contributed by atoms with Gasteiger partial charge in [0, 0.05) is 0 Å². The summed E-state index contributed by atoms with van der Waals surface area (Å²) in [6.45, 7) is 8.79. The van der Waals surface area contributed by atoms with Gasteiger partial charge in [0.05, 0.1) is 17.7 Å². The average Bonchev–Trinajstić information content (AvgIpc) is 2.99. The van der Waals surface area contributed by atoms with Gasteiger partial charge in [0.2, 0.25) is 0 Å². The smallest absolute Gasteiger partial charge is 0.186 e. The second kappa shape index (κ2) is 6.40. The largest absolute Gasteiger partial charge is 0.493 e. The van der Waals surface area contributed by atoms with E-state index in [4.69, 9.17) is 4.74 Å². The third-order valence-corrected chi connectivity index (χ3v) is 4.05. The summed E-state index contributed by atoms with van der Waals surface area (Å²) in [5, 5.41) is 0. The Morgan fingerprint density at radius 3 is 2.55 bits per heavy atom. The van der Waals surface area contributed by atoms with Crippen molar-refractivity contribution in [2.45, 2.75) is 45.6 Å². The lowest BCUT2D eigenvalue weighted by molar-refractivity contribution is 0.0698. The van der Waals surface area contributed by atoms with Crippen LogP contribution >= 0.6 is 0 Å². The maximum Gasteiger partial charge on any atom is 0.186 e. The van der Waals surface area contributed by atoms with Crippen LogP contribution in [0.4, 0.5) is 0 Å². The van der Waals surface area contributed by atoms with Gasteiger partial charge >= 0.3 is 0 Å². The van der Waals surface area contributed by atoms with Crippen molar-refractivity contribution in [1.29, 1.82) is 0 Å². The zero-order chi connectivity index (χ0) is 14.6. The molecule has 0 radical (unpaired) electrons. The normalized spacial score (nSPS) is 16.4. The molecule has 1 heterocycles. The van der Waals surface area contributed by atoms with Crippen LogP contribution in [-0.2, 0) is 0 Å². The Kier molecular flexibility index (Phi) is 4.81. The molecule has 1 aliphatic heterocycles. The van der Waals surface area contributed by atoms with Crippen molar-refractivity contribution < 1.29 is 9.53 Å². The Morgan fingerprint density at radius 1 is 1.25 bits per heavy atom. The van der Waals surface area contributed by atoms with Gasteiger partial charge < -0.3 is 4.74 Å². The van der Waals surface area contributed by atoms with Gasteiger partial charge in [0.25, 0.3) is 0 Å². The molecule has 110 valence electrons. The standard InChI is InChI=1S/C17H25NO2/c1-4-13-20-15-10-6-5-9-14(15)16(19)17(2,3)18-11-7-8-12-18/h5-6,9-10H,4,7-8,11-13H2,1-3H3. The van der Waals surface area contributed by atoms with E-state index in [1.165, 1.54) is 12.8 Å². The van der Waals surface area contributed by atoms with E-state index in [2.05, 4.69) is 11.8 Å². The van der Waals surface area contributed by atoms with E-state index < -0.39 is 5.54 Å². The highest BCUT2D eigenvalue weighted by molar-refractivity contribution is 6.04. The number of likely N-dealkylation sites (tertiary alicyclic amines) is 1. The Bertz CT molecular complexity index is 462. The second-order valence-corrected chi connectivity index (χ2v) is 5.93. The molecule has 1 fully saturated rings. The van der Waals surface area contributed by atoms with Crippen LogP contribution in [0.15, 0.2) is 24.3 Å². The number of carbonyl (C=O) groups is 1. The molecular formula is C17H25NO2. The van der Waals surface area contributed by atoms with Crippen LogP contribution in [0.3, 0.4) is 0 Å². The van der Waals surface area contributed by atoms with Crippen LogP contribution in [0.5, 0.6) is 5.75 Å². The number of rotatable bonds is 6. The van der Waals surface area contributed by atoms with E-state index in [1.807, 2.05) is 38.1 Å². The predicted molar refractivity (Wildman–Crippen MR) is 81.4 cm³/mol. The first-order chi connectivity index (χ1) is 9.57. The topological polar surface area (TPSA) is 29.5 Å². The lowest BCUT2D eigenvalue weighted by atomic mass is 9.91. The van der Waals surface area contributed by atoms with Crippen LogP contribution < -0.4 is 4.74 Å². The molecule has 1 aromatic carbocycles. The molecule has 0 spiro atoms. The lowest BCUT2D eigenvalue weighted by Gasteiger charge is -2.34. The van der Waals surface area contributed by atoms with Crippen molar-refractivity contribution in [2.75, 3.05) is 19.7 Å². The number of hydrogen-bond acceptors (Lipinski definition) is 3. The summed E-state index contributed by atoms with van der Waals surface area (Å²) in [5.74, 6) is 0.873. The van der Waals surface area contributed by atoms with E-state index in [1.54, 1.807) is 0 Å². The molecule has 2 rings (SSSR count). The molecule has 3 nitrogen and oxygen atoms in total. The molecule has 0 unspecified atom stereocenters. The van der Waals surface area contributed by atoms with Crippen molar-refractivity contribution in [3.05, 3.63) is 29.8 Å². The molecular weight excluding hydrogens is 250 g/mol. The first-order valence-electron chi connectivity index (χ1n) is 7.59. The second-order valence-electron chi connectivity index (χ2n) is 5.93. The maximum absolute atomic E-state index is 12.9. The van der Waals surface area contributed by atoms with Crippen LogP contribution in [-0.4, -0.2) is 35.9 Å². The maximum atomic E-state index is 12.9. The zero-order valence-corrected chi connectivity index (χ0v) is 12.8. The summed E-state index contributed by atoms with van der Waals surface area (Å²) in [4.78, 5) is 15.2. The van der Waals surface area contributed by atoms with Gasteiger partial charge in [0.1, 0.15) is 5.75 Å². The van der Waals surface area contributed by atoms with Crippen LogP contribution in [0.1, 0.15) is 50.4 Å². The third-order valence-electron chi connectivity index (χ3n) is 4.05. The minimum atomic E-state index is -0.456. The Morgan fingerprint density at radius 2 is 1.90 bits per heavy atom. The van der Waals surface area contributed by atoms with E-state index in [0.29, 0.717) is 17.9 Å². The fourth-order valence-corrected chi connectivity index (χ4v) is 2.74. The molecule has 0 saturated carbocycles. The molecule has 0 N–H and O–H groups in total. The molecule has 0 aliphatic carbocycles. The summed E-state index contributed by atoms with van der Waals surface area (Å²) >= 11 is 0. The van der Waals surface area contributed by atoms with Crippen molar-refractivity contribution in [3.63, 3.8) is 0 Å². The van der Waals surface area contributed by atoms with Gasteiger partial charge in [-0.15, -0.1) is 0 Å². The third kappa shape index (κ3) is 3.04. The van der Waals surface area contributed by atoms with Crippen LogP contribution in [0, 0.1) is 0 Å². The number of hydrogen-bond donors (Lipinski definition) is 0. The molecule has 3 heteroatoms. The molecule has 20 heavy (non-hydrogen) atoms. The van der Waals surface area contributed by atoms with Gasteiger partial charge in [-0.25, -0.2) is 0 Å². The highest BCUT2D eigenvalue weighted by Crippen LogP contribution is 2.29. The Labute approximate surface area is 121 Å². The van der Waals surface area contributed by atoms with Gasteiger partial charge in [-0.3, -0.25) is 9.69 Å². The van der Waals surface area contributed by atoms with E-state index in [9.17, 15) is 4.79 Å². The van der Waals surface area contributed by atoms with Gasteiger partial charge in [-0.1, -0.05) is 19.1 Å². The number of nitrogens with zero attached hydrogens (tertiary/aromatic N) is 1. The van der Waals surface area contributed by atoms with Crippen LogP contribution in [0.2, 0.25) is 0 Å². The summed E-state index contributed by atoms with van der Waals surface area (Å²) in [5.41, 5.74) is 0.250. The van der Waals surface area contributed by atoms with E-state index in [-0.39, 0.29) is 5.78 Å². The molecule has 1 aromatic rings. The van der Waals surface area contributed by atoms with Crippen molar-refractivity contribution in [1.82, 2.24) is 4.90 Å². The zero-order valence-electron chi connectivity index (χ0n) is 12.8. The monoisotopic (exact) mass is 275 g/mol. The fourth-order valence-electron chi connectivity index (χ4n) is 2.74. The highest BCUT2D eigenvalue weighted by Gasteiger charge is 2.37. The predicted octanol–water partition coefficient (Wildman–Crippen LogP) is 3.53. The van der Waals surface area contributed by atoms with Crippen LogP contribution in [0.25, 0.3) is 0 Å². The average molecular weight is 275 g/mol. The lowest BCUT2D eigenvalue weighted by Crippen LogP contribution is -2.48. The molecule has 1 aliphatic rings. The first-order valence-corrected chi connectivity index (χ1v) is 7.59. The molecule has 0 amide bonds. The summed E-state index contributed by atoms with van der Waals surface area (Å²) in [6, 6.07) is 7.60. The van der Waals surface area contributed by atoms with Crippen molar-refractivity contribution >= 4 is 5.78 Å². The molecule has 1 saturated heterocycles. The number of ether oxygens (including phenoxy) is 1. The Hall–Kier alpha value is -1.35. The fraction of sp³-hybridized carbons (Fsp3) is 0.588. The summed E-state index contributed by atoms with van der Waals surface area (Å²) in [6.07, 6.45) is 3.31. The number of carbonyl (C=O) groups excluding carboxylic acids is 1. The SMILES string of the molecule is CCCOc1ccccc1C(=O)C(C)(C)N1CCCC1. The quantitative estimate of drug-likeness (QED) is 0.744. The minimum Gasteiger partial charge on any atom is -0.493 e. The summed E-state index contributed by atoms with van der Waals surface area (Å²) < 4.78 is 5.73. The van der Waals surface area contributed by atoms with Gasteiger partial charge in [0.15, 0.2) is 5.78 Å². The first kappa shape index (κ1) is 15.0. The highest BCUT2D eigenvalue weighted by atomic mass is 16.5.